The number of aromatic nitrogens is 3. The quantitative estimate of drug-likeness (QED) is 0.326. The van der Waals surface area contributed by atoms with Crippen molar-refractivity contribution in [1.29, 1.82) is 0 Å². The van der Waals surface area contributed by atoms with Gasteiger partial charge in [0.2, 0.25) is 0 Å². The summed E-state index contributed by atoms with van der Waals surface area (Å²) >= 11 is 1.32. The van der Waals surface area contributed by atoms with Gasteiger partial charge >= 0.3 is 12.1 Å². The maximum atomic E-state index is 13.1. The first-order chi connectivity index (χ1) is 17.5. The van der Waals surface area contributed by atoms with Gasteiger partial charge in [-0.05, 0) is 87.1 Å². The van der Waals surface area contributed by atoms with Gasteiger partial charge in [-0.25, -0.2) is 15.0 Å². The molecular weight excluding hydrogens is 505 g/mol. The molecule has 2 aliphatic carbocycles. The Labute approximate surface area is 215 Å². The van der Waals surface area contributed by atoms with Crippen LogP contribution in [0.2, 0.25) is 0 Å². The molecule has 3 N–H and O–H groups in total. The van der Waals surface area contributed by atoms with Crippen molar-refractivity contribution in [2.45, 2.75) is 63.1 Å². The molecule has 7 nitrogen and oxygen atoms in total. The fourth-order valence-corrected chi connectivity index (χ4v) is 5.91. The van der Waals surface area contributed by atoms with Crippen LogP contribution in [0.3, 0.4) is 0 Å². The van der Waals surface area contributed by atoms with E-state index < -0.39 is 23.3 Å². The van der Waals surface area contributed by atoms with E-state index in [1.165, 1.54) is 11.3 Å². The number of thiazole rings is 1. The molecule has 2 saturated carbocycles. The van der Waals surface area contributed by atoms with E-state index in [1.807, 2.05) is 12.1 Å². The second-order valence-corrected chi connectivity index (χ2v) is 11.1. The highest BCUT2D eigenvalue weighted by atomic mass is 32.1. The molecule has 0 radical (unpaired) electrons. The van der Waals surface area contributed by atoms with Gasteiger partial charge in [0.15, 0.2) is 0 Å². The van der Waals surface area contributed by atoms with Crippen molar-refractivity contribution >= 4 is 28.9 Å². The predicted octanol–water partition coefficient (Wildman–Crippen LogP) is 6.34. The number of alkyl halides is 3. The highest BCUT2D eigenvalue weighted by molar-refractivity contribution is 7.15. The van der Waals surface area contributed by atoms with E-state index in [1.54, 1.807) is 13.1 Å². The lowest BCUT2D eigenvalue weighted by Crippen LogP contribution is -2.35. The summed E-state index contributed by atoms with van der Waals surface area (Å²) in [5.41, 5.74) is -0.347. The van der Waals surface area contributed by atoms with Gasteiger partial charge in [0.05, 0.1) is 22.1 Å². The fourth-order valence-electron chi connectivity index (χ4n) is 4.90. The van der Waals surface area contributed by atoms with Crippen LogP contribution in [0.4, 0.5) is 24.8 Å². The Bertz CT molecular complexity index is 1300. The van der Waals surface area contributed by atoms with Gasteiger partial charge in [0, 0.05) is 12.4 Å². The molecule has 3 aromatic rings. The number of aliphatic carboxylic acids is 1. The molecule has 3 heterocycles. The number of hydrogen-bond acceptors (Lipinski definition) is 7. The lowest BCUT2D eigenvalue weighted by Gasteiger charge is -2.35. The first-order valence-corrected chi connectivity index (χ1v) is 13.1. The van der Waals surface area contributed by atoms with E-state index in [4.69, 9.17) is 0 Å². The van der Waals surface area contributed by atoms with Crippen LogP contribution in [0.15, 0.2) is 36.7 Å². The summed E-state index contributed by atoms with van der Waals surface area (Å²) in [6.07, 6.45) is 2.62. The maximum Gasteiger partial charge on any atom is 0.416 e. The minimum Gasteiger partial charge on any atom is -0.481 e. The number of nitrogens with one attached hydrogen (secondary N) is 1. The number of hydrogen-bond donors (Lipinski definition) is 3. The standard InChI is InChI=1S/C26H27F3N4O3S/c1-25(36,17-6-4-15(5-7-17)23(34)35)24-31-13-20(37-24)19-10-16(14-2-3-14)11-22(32-19)33-21-12-18(8-9-30-21)26(27,28)29/h8-15,17,36H,2-7H2,1H3,(H,34,35)(H,30,32,33). The van der Waals surface area contributed by atoms with Crippen molar-refractivity contribution in [1.82, 2.24) is 15.0 Å². The van der Waals surface area contributed by atoms with Crippen molar-refractivity contribution in [3.05, 3.63) is 52.8 Å². The van der Waals surface area contributed by atoms with E-state index in [0.717, 1.165) is 41.6 Å². The number of aliphatic hydroxyl groups is 1. The van der Waals surface area contributed by atoms with Gasteiger partial charge in [-0.2, -0.15) is 13.2 Å². The van der Waals surface area contributed by atoms with Crippen LogP contribution < -0.4 is 5.32 Å². The van der Waals surface area contributed by atoms with Crippen molar-refractivity contribution in [3.8, 4) is 10.6 Å². The number of nitrogens with zero attached hydrogens (tertiary/aromatic N) is 3. The third-order valence-corrected chi connectivity index (χ3v) is 8.55. The number of carboxylic acids is 1. The van der Waals surface area contributed by atoms with Crippen molar-refractivity contribution in [2.24, 2.45) is 11.8 Å². The van der Waals surface area contributed by atoms with E-state index in [2.05, 4.69) is 20.3 Å². The van der Waals surface area contributed by atoms with Crippen molar-refractivity contribution in [3.63, 3.8) is 0 Å². The van der Waals surface area contributed by atoms with Crippen LogP contribution in [0.25, 0.3) is 10.6 Å². The molecule has 0 amide bonds. The van der Waals surface area contributed by atoms with Crippen LogP contribution in [0.5, 0.6) is 0 Å². The number of rotatable bonds is 7. The number of anilines is 2. The summed E-state index contributed by atoms with van der Waals surface area (Å²) in [7, 11) is 0. The summed E-state index contributed by atoms with van der Waals surface area (Å²) in [4.78, 5) is 25.2. The Kier molecular flexibility index (Phi) is 6.70. The monoisotopic (exact) mass is 532 g/mol. The lowest BCUT2D eigenvalue weighted by atomic mass is 9.74. The molecule has 37 heavy (non-hydrogen) atoms. The second-order valence-electron chi connectivity index (χ2n) is 10.1. The minimum absolute atomic E-state index is 0.0473. The number of pyridine rings is 2. The zero-order valence-electron chi connectivity index (χ0n) is 20.1. The topological polar surface area (TPSA) is 108 Å². The van der Waals surface area contributed by atoms with E-state index in [-0.39, 0.29) is 17.7 Å². The van der Waals surface area contributed by atoms with Gasteiger partial charge in [-0.1, -0.05) is 0 Å². The van der Waals surface area contributed by atoms with Crippen molar-refractivity contribution < 1.29 is 28.2 Å². The maximum absolute atomic E-state index is 13.1. The van der Waals surface area contributed by atoms with Gasteiger partial charge in [-0.3, -0.25) is 4.79 Å². The van der Waals surface area contributed by atoms with Gasteiger partial charge in [-0.15, -0.1) is 11.3 Å². The minimum atomic E-state index is -4.48. The molecule has 0 aliphatic heterocycles. The first kappa shape index (κ1) is 25.6. The van der Waals surface area contributed by atoms with Crippen LogP contribution >= 0.6 is 11.3 Å². The molecule has 1 unspecified atom stereocenters. The Morgan fingerprint density at radius 2 is 1.78 bits per heavy atom. The summed E-state index contributed by atoms with van der Waals surface area (Å²) in [5.74, 6) is -0.453. The smallest absolute Gasteiger partial charge is 0.416 e. The largest absolute Gasteiger partial charge is 0.481 e. The van der Waals surface area contributed by atoms with E-state index in [9.17, 15) is 28.2 Å². The molecule has 196 valence electrons. The molecular formula is C26H27F3N4O3S. The Morgan fingerprint density at radius 3 is 2.43 bits per heavy atom. The molecule has 3 aromatic heterocycles. The van der Waals surface area contributed by atoms with Crippen molar-refractivity contribution in [2.75, 3.05) is 5.32 Å². The summed E-state index contributed by atoms with van der Waals surface area (Å²) in [6, 6.07) is 5.67. The number of carbonyl (C=O) groups is 1. The highest BCUT2D eigenvalue weighted by Crippen LogP contribution is 2.45. The van der Waals surface area contributed by atoms with Crippen LogP contribution in [0, 0.1) is 11.8 Å². The van der Waals surface area contributed by atoms with Gasteiger partial charge in [0.1, 0.15) is 22.2 Å². The first-order valence-electron chi connectivity index (χ1n) is 12.2. The van der Waals surface area contributed by atoms with Crippen LogP contribution in [-0.2, 0) is 16.6 Å². The molecule has 5 rings (SSSR count). The van der Waals surface area contributed by atoms with Crippen LogP contribution in [0.1, 0.15) is 67.5 Å². The second kappa shape index (κ2) is 9.68. The fraction of sp³-hybridized carbons (Fsp3) is 0.462. The molecule has 1 atom stereocenters. The molecule has 11 heteroatoms. The third kappa shape index (κ3) is 5.62. The Morgan fingerprint density at radius 1 is 1.05 bits per heavy atom. The summed E-state index contributed by atoms with van der Waals surface area (Å²) in [6.45, 7) is 1.72. The number of carboxylic acid groups (broad SMARTS) is 1. The summed E-state index contributed by atoms with van der Waals surface area (Å²) in [5, 5.41) is 24.1. The van der Waals surface area contributed by atoms with Gasteiger partial charge < -0.3 is 15.5 Å². The average molecular weight is 533 g/mol. The Hall–Kier alpha value is -3.05. The van der Waals surface area contributed by atoms with E-state index >= 15 is 0 Å². The molecule has 0 aromatic carbocycles. The van der Waals surface area contributed by atoms with Gasteiger partial charge in [0.25, 0.3) is 0 Å². The molecule has 2 fully saturated rings. The van der Waals surface area contributed by atoms with Crippen LogP contribution in [-0.4, -0.2) is 31.1 Å². The lowest BCUT2D eigenvalue weighted by molar-refractivity contribution is -0.144. The zero-order valence-corrected chi connectivity index (χ0v) is 20.9. The zero-order chi connectivity index (χ0) is 26.4. The molecule has 0 saturated heterocycles. The molecule has 2 aliphatic rings. The predicted molar refractivity (Wildman–Crippen MR) is 132 cm³/mol. The normalized spacial score (nSPS) is 21.9. The number of halogens is 3. The third-order valence-electron chi connectivity index (χ3n) is 7.30. The molecule has 0 spiro atoms. The van der Waals surface area contributed by atoms with E-state index in [0.29, 0.717) is 48.1 Å². The SMILES string of the molecule is CC(O)(c1ncc(-c2cc(C3CC3)cc(Nc3cc(C(F)(F)F)ccn3)n2)s1)C1CCC(C(=O)O)CC1. The highest BCUT2D eigenvalue weighted by Gasteiger charge is 2.40. The molecule has 0 bridgehead atoms. The summed E-state index contributed by atoms with van der Waals surface area (Å²) < 4.78 is 39.4. The Balaban J connectivity index is 1.40. The average Bonchev–Trinajstić information content (AvgIpc) is 3.59.